The van der Waals surface area contributed by atoms with Crippen molar-refractivity contribution in [3.63, 3.8) is 0 Å². The number of methoxy groups -OCH3 is 1. The number of carbonyl (C=O) groups excluding carboxylic acids is 2. The number of amides is 2. The van der Waals surface area contributed by atoms with Gasteiger partial charge >= 0.3 is 6.09 Å². The quantitative estimate of drug-likeness (QED) is 0.351. The summed E-state index contributed by atoms with van der Waals surface area (Å²) < 4.78 is 33.7. The highest BCUT2D eigenvalue weighted by molar-refractivity contribution is 5.95. The summed E-state index contributed by atoms with van der Waals surface area (Å²) in [4.78, 5) is 29.1. The van der Waals surface area contributed by atoms with Crippen molar-refractivity contribution in [2.45, 2.75) is 51.3 Å². The van der Waals surface area contributed by atoms with Gasteiger partial charge in [-0.25, -0.2) is 13.6 Å². The van der Waals surface area contributed by atoms with Crippen molar-refractivity contribution in [2.75, 3.05) is 17.7 Å². The summed E-state index contributed by atoms with van der Waals surface area (Å²) in [6.45, 7) is 1.55. The Morgan fingerprint density at radius 3 is 2.53 bits per heavy atom. The number of benzene rings is 2. The van der Waals surface area contributed by atoms with Crippen LogP contribution in [0.25, 0.3) is 11.1 Å². The Kier molecular flexibility index (Phi) is 8.52. The lowest BCUT2D eigenvalue weighted by atomic mass is 9.99. The number of carbonyl (C=O) groups is 2. The normalized spacial score (nSPS) is 17.5. The van der Waals surface area contributed by atoms with E-state index in [1.807, 2.05) is 0 Å². The maximum atomic E-state index is 14.5. The molecule has 0 fully saturated rings. The maximum absolute atomic E-state index is 14.5. The van der Waals surface area contributed by atoms with Gasteiger partial charge < -0.3 is 20.5 Å². The highest BCUT2D eigenvalue weighted by atomic mass is 19.1. The summed E-state index contributed by atoms with van der Waals surface area (Å²) in [7, 11) is 1.27. The van der Waals surface area contributed by atoms with Crippen LogP contribution in [0, 0.1) is 18.6 Å². The molecule has 200 valence electrons. The number of ether oxygens (including phenoxy) is 1. The molecule has 0 saturated carbocycles. The minimum atomic E-state index is -0.920. The largest absolute Gasteiger partial charge is 0.453 e. The lowest BCUT2D eigenvalue weighted by molar-refractivity contribution is 0.0924. The zero-order valence-corrected chi connectivity index (χ0v) is 21.2. The van der Waals surface area contributed by atoms with Crippen LogP contribution < -0.4 is 16.0 Å². The number of anilines is 2. The van der Waals surface area contributed by atoms with E-state index in [0.717, 1.165) is 29.7 Å². The van der Waals surface area contributed by atoms with Gasteiger partial charge in [0.2, 0.25) is 0 Å². The molecule has 2 atom stereocenters. The van der Waals surface area contributed by atoms with Crippen molar-refractivity contribution >= 4 is 23.4 Å². The molecule has 1 aliphatic heterocycles. The van der Waals surface area contributed by atoms with Crippen molar-refractivity contribution in [3.05, 3.63) is 77.1 Å². The molecule has 1 aromatic heterocycles. The fourth-order valence-corrected chi connectivity index (χ4v) is 4.52. The highest BCUT2D eigenvalue weighted by Gasteiger charge is 2.24. The Balaban J connectivity index is 1.70. The molecule has 1 unspecified atom stereocenters. The molecule has 0 radical (unpaired) electrons. The molecule has 0 saturated heterocycles. The molecule has 2 heterocycles. The van der Waals surface area contributed by atoms with Crippen LogP contribution in [0.1, 0.15) is 59.8 Å². The second kappa shape index (κ2) is 12.0. The molecule has 1 aliphatic rings. The molecule has 3 aromatic rings. The van der Waals surface area contributed by atoms with Gasteiger partial charge in [-0.05, 0) is 73.7 Å². The number of aliphatic hydroxyl groups is 1. The minimum absolute atomic E-state index is 0.382. The second-order valence-electron chi connectivity index (χ2n) is 9.27. The number of fused-ring (bicyclic) bond motifs is 4. The standard InChI is InChI=1S/C28H30F2N4O4/c1-16-12-20(29)26(21(30)13-16)27(36)34-22-6-4-3-5-7-25(35)33-23-15-18(32-28(37)38-2)8-9-19(23)17-10-11-31-24(22)14-17/h8-15,22,25,33,35H,3-7H2,1-2H3,(H,32,37)(H,34,36)/t22-,25?/m0/s1. The number of nitrogens with zero attached hydrogens (tertiary/aromatic N) is 1. The van der Waals surface area contributed by atoms with Gasteiger partial charge in [0.25, 0.3) is 5.91 Å². The predicted molar refractivity (Wildman–Crippen MR) is 140 cm³/mol. The summed E-state index contributed by atoms with van der Waals surface area (Å²) >= 11 is 0. The lowest BCUT2D eigenvalue weighted by Gasteiger charge is -2.20. The molecule has 2 bridgehead atoms. The molecule has 4 N–H and O–H groups in total. The van der Waals surface area contributed by atoms with Crippen molar-refractivity contribution in [1.29, 1.82) is 0 Å². The number of aryl methyl sites for hydroxylation is 1. The molecule has 38 heavy (non-hydrogen) atoms. The first kappa shape index (κ1) is 27.0. The molecule has 0 spiro atoms. The van der Waals surface area contributed by atoms with E-state index >= 15 is 0 Å². The molecule has 8 nitrogen and oxygen atoms in total. The first-order valence-corrected chi connectivity index (χ1v) is 12.4. The number of hydrogen-bond donors (Lipinski definition) is 4. The summed E-state index contributed by atoms with van der Waals surface area (Å²) in [5, 5.41) is 19.1. The molecule has 4 rings (SSSR count). The zero-order valence-electron chi connectivity index (χ0n) is 21.2. The Bertz CT molecular complexity index is 1310. The van der Waals surface area contributed by atoms with E-state index < -0.39 is 41.5 Å². The Morgan fingerprint density at radius 2 is 1.79 bits per heavy atom. The van der Waals surface area contributed by atoms with Crippen molar-refractivity contribution in [1.82, 2.24) is 10.3 Å². The number of hydrogen-bond acceptors (Lipinski definition) is 6. The minimum Gasteiger partial charge on any atom is -0.453 e. The second-order valence-corrected chi connectivity index (χ2v) is 9.27. The monoisotopic (exact) mass is 524 g/mol. The summed E-state index contributed by atoms with van der Waals surface area (Å²) in [6, 6.07) is 10.4. The average Bonchev–Trinajstić information content (AvgIpc) is 2.87. The Morgan fingerprint density at radius 1 is 1.05 bits per heavy atom. The van der Waals surface area contributed by atoms with Crippen molar-refractivity contribution in [3.8, 4) is 11.1 Å². The van der Waals surface area contributed by atoms with Crippen LogP contribution in [-0.4, -0.2) is 35.4 Å². The number of aliphatic hydroxyl groups excluding tert-OH is 1. The zero-order chi connectivity index (χ0) is 27.2. The first-order valence-electron chi connectivity index (χ1n) is 12.4. The van der Waals surface area contributed by atoms with Gasteiger partial charge in [0.15, 0.2) is 0 Å². The molecular weight excluding hydrogens is 494 g/mol. The fraction of sp³-hybridized carbons (Fsp3) is 0.321. The Labute approximate surface area is 219 Å². The summed E-state index contributed by atoms with van der Waals surface area (Å²) in [6.07, 6.45) is 3.27. The van der Waals surface area contributed by atoms with Crippen molar-refractivity contribution in [2.24, 2.45) is 0 Å². The number of pyridine rings is 1. The summed E-state index contributed by atoms with van der Waals surface area (Å²) in [5.74, 6) is -2.69. The fourth-order valence-electron chi connectivity index (χ4n) is 4.52. The topological polar surface area (TPSA) is 113 Å². The third kappa shape index (κ3) is 6.44. The summed E-state index contributed by atoms with van der Waals surface area (Å²) in [5.41, 5.74) is 2.80. The lowest BCUT2D eigenvalue weighted by Crippen LogP contribution is -2.30. The van der Waals surface area contributed by atoms with Crippen LogP contribution in [0.3, 0.4) is 0 Å². The van der Waals surface area contributed by atoms with E-state index in [4.69, 9.17) is 0 Å². The van der Waals surface area contributed by atoms with E-state index in [-0.39, 0.29) is 0 Å². The molecule has 2 amide bonds. The van der Waals surface area contributed by atoms with Crippen LogP contribution in [0.2, 0.25) is 0 Å². The van der Waals surface area contributed by atoms with Crippen LogP contribution in [0.15, 0.2) is 48.7 Å². The third-order valence-corrected chi connectivity index (χ3v) is 6.41. The Hall–Kier alpha value is -4.05. The van der Waals surface area contributed by atoms with E-state index in [2.05, 4.69) is 25.7 Å². The molecule has 0 aliphatic carbocycles. The van der Waals surface area contributed by atoms with E-state index in [1.54, 1.807) is 43.5 Å². The number of rotatable bonds is 3. The number of nitrogens with one attached hydrogen (secondary N) is 3. The van der Waals surface area contributed by atoms with Crippen LogP contribution in [0.4, 0.5) is 25.0 Å². The van der Waals surface area contributed by atoms with Gasteiger partial charge in [-0.3, -0.25) is 15.1 Å². The van der Waals surface area contributed by atoms with Crippen LogP contribution in [-0.2, 0) is 4.74 Å². The number of halogens is 2. The highest BCUT2D eigenvalue weighted by Crippen LogP contribution is 2.34. The molecule has 2 aromatic carbocycles. The van der Waals surface area contributed by atoms with Gasteiger partial charge in [0.05, 0.1) is 18.8 Å². The predicted octanol–water partition coefficient (Wildman–Crippen LogP) is 5.68. The van der Waals surface area contributed by atoms with E-state index in [1.165, 1.54) is 7.11 Å². The van der Waals surface area contributed by atoms with E-state index in [9.17, 15) is 23.5 Å². The molecule has 10 heteroatoms. The van der Waals surface area contributed by atoms with Crippen LogP contribution in [0.5, 0.6) is 0 Å². The van der Waals surface area contributed by atoms with Gasteiger partial charge in [0, 0.05) is 23.1 Å². The van der Waals surface area contributed by atoms with Gasteiger partial charge in [-0.1, -0.05) is 18.9 Å². The smallest absolute Gasteiger partial charge is 0.411 e. The first-order chi connectivity index (χ1) is 18.2. The third-order valence-electron chi connectivity index (χ3n) is 6.41. The number of aromatic nitrogens is 1. The van der Waals surface area contributed by atoms with Gasteiger partial charge in [-0.2, -0.15) is 0 Å². The SMILES string of the molecule is COC(=O)Nc1ccc2c(c1)NC(O)CCCCC[C@H](NC(=O)c1c(F)cc(C)cc1F)c1cc-2ccn1. The van der Waals surface area contributed by atoms with Crippen molar-refractivity contribution < 1.29 is 28.2 Å². The van der Waals surface area contributed by atoms with Gasteiger partial charge in [-0.15, -0.1) is 0 Å². The molecular formula is C28H30F2N4O4. The van der Waals surface area contributed by atoms with Gasteiger partial charge in [0.1, 0.15) is 23.4 Å². The average molecular weight is 525 g/mol. The maximum Gasteiger partial charge on any atom is 0.411 e. The van der Waals surface area contributed by atoms with Crippen LogP contribution >= 0.6 is 0 Å². The van der Waals surface area contributed by atoms with E-state index in [0.29, 0.717) is 48.3 Å².